The van der Waals surface area contributed by atoms with Crippen molar-refractivity contribution in [3.8, 4) is 11.5 Å². The van der Waals surface area contributed by atoms with Crippen LogP contribution in [0.1, 0.15) is 13.3 Å². The quantitative estimate of drug-likeness (QED) is 0.779. The topological polar surface area (TPSA) is 59.6 Å². The highest BCUT2D eigenvalue weighted by Crippen LogP contribution is 2.26. The number of ether oxygens (including phenoxy) is 2. The van der Waals surface area contributed by atoms with Crippen LogP contribution in [0.3, 0.4) is 0 Å². The summed E-state index contributed by atoms with van der Waals surface area (Å²) in [5, 5.41) is 6.30. The zero-order valence-corrected chi connectivity index (χ0v) is 15.2. The fraction of sp³-hybridized carbons (Fsp3) is 0.562. The molecular weight excluding hydrogens is 336 g/mol. The van der Waals surface area contributed by atoms with E-state index < -0.39 is 0 Å². The standard InChI is InChI=1S/C16H24N2O3S.ClH/c1-12(21-15-6-4-3-5-14(15)20-2)10-18-16(19)9-13-11-22-8-7-17-13;/h3-6,12-13,17H,7-11H2,1-2H3,(H,18,19);1H. The molecule has 1 aromatic rings. The van der Waals surface area contributed by atoms with Crippen LogP contribution in [0.15, 0.2) is 24.3 Å². The van der Waals surface area contributed by atoms with Gasteiger partial charge in [-0.3, -0.25) is 4.79 Å². The molecule has 2 unspecified atom stereocenters. The van der Waals surface area contributed by atoms with Gasteiger partial charge in [-0.15, -0.1) is 12.4 Å². The van der Waals surface area contributed by atoms with Crippen molar-refractivity contribution in [2.24, 2.45) is 0 Å². The van der Waals surface area contributed by atoms with Gasteiger partial charge in [-0.05, 0) is 19.1 Å². The molecule has 2 rings (SSSR count). The molecule has 130 valence electrons. The maximum Gasteiger partial charge on any atom is 0.221 e. The first-order chi connectivity index (χ1) is 10.7. The smallest absolute Gasteiger partial charge is 0.221 e. The zero-order valence-electron chi connectivity index (χ0n) is 13.5. The number of hydrogen-bond acceptors (Lipinski definition) is 5. The summed E-state index contributed by atoms with van der Waals surface area (Å²) < 4.78 is 11.1. The van der Waals surface area contributed by atoms with E-state index in [-0.39, 0.29) is 30.5 Å². The Morgan fingerprint density at radius 3 is 2.83 bits per heavy atom. The molecule has 23 heavy (non-hydrogen) atoms. The lowest BCUT2D eigenvalue weighted by Crippen LogP contribution is -2.42. The van der Waals surface area contributed by atoms with Gasteiger partial charge in [0.15, 0.2) is 11.5 Å². The van der Waals surface area contributed by atoms with Crippen molar-refractivity contribution < 1.29 is 14.3 Å². The third kappa shape index (κ3) is 6.89. The zero-order chi connectivity index (χ0) is 15.8. The van der Waals surface area contributed by atoms with Gasteiger partial charge < -0.3 is 20.1 Å². The first-order valence-corrected chi connectivity index (χ1v) is 8.72. The molecule has 1 aromatic carbocycles. The monoisotopic (exact) mass is 360 g/mol. The Bertz CT molecular complexity index is 484. The number of hydrogen-bond donors (Lipinski definition) is 2. The van der Waals surface area contributed by atoms with E-state index >= 15 is 0 Å². The highest BCUT2D eigenvalue weighted by molar-refractivity contribution is 7.99. The van der Waals surface area contributed by atoms with Crippen molar-refractivity contribution in [3.05, 3.63) is 24.3 Å². The molecule has 1 saturated heterocycles. The third-order valence-corrected chi connectivity index (χ3v) is 4.55. The highest BCUT2D eigenvalue weighted by atomic mass is 35.5. The number of carbonyl (C=O) groups excluding carboxylic acids is 1. The summed E-state index contributed by atoms with van der Waals surface area (Å²) in [4.78, 5) is 12.0. The minimum atomic E-state index is -0.117. The van der Waals surface area contributed by atoms with E-state index in [9.17, 15) is 4.79 Å². The molecule has 1 fully saturated rings. The van der Waals surface area contributed by atoms with Gasteiger partial charge in [0, 0.05) is 30.5 Å². The van der Waals surface area contributed by atoms with Crippen molar-refractivity contribution in [2.45, 2.75) is 25.5 Å². The van der Waals surface area contributed by atoms with Crippen LogP contribution in [0, 0.1) is 0 Å². The first kappa shape index (κ1) is 19.9. The highest BCUT2D eigenvalue weighted by Gasteiger charge is 2.17. The maximum absolute atomic E-state index is 12.0. The van der Waals surface area contributed by atoms with Crippen LogP contribution >= 0.6 is 24.2 Å². The van der Waals surface area contributed by atoms with E-state index in [2.05, 4.69) is 10.6 Å². The third-order valence-electron chi connectivity index (χ3n) is 3.41. The second-order valence-electron chi connectivity index (χ2n) is 5.31. The Labute approximate surface area is 148 Å². The normalized spacial score (nSPS) is 18.4. The molecule has 2 atom stereocenters. The number of nitrogens with one attached hydrogen (secondary N) is 2. The number of para-hydroxylation sites is 2. The molecule has 1 aliphatic heterocycles. The van der Waals surface area contributed by atoms with E-state index in [0.29, 0.717) is 24.5 Å². The lowest BCUT2D eigenvalue weighted by atomic mass is 10.2. The van der Waals surface area contributed by atoms with Crippen molar-refractivity contribution >= 4 is 30.1 Å². The van der Waals surface area contributed by atoms with Gasteiger partial charge in [0.25, 0.3) is 0 Å². The summed E-state index contributed by atoms with van der Waals surface area (Å²) >= 11 is 1.89. The number of benzene rings is 1. The van der Waals surface area contributed by atoms with Crippen LogP contribution in [0.25, 0.3) is 0 Å². The average molecular weight is 361 g/mol. The second-order valence-corrected chi connectivity index (χ2v) is 6.46. The summed E-state index contributed by atoms with van der Waals surface area (Å²) in [7, 11) is 1.61. The molecule has 0 aliphatic carbocycles. The fourth-order valence-corrected chi connectivity index (χ4v) is 3.23. The van der Waals surface area contributed by atoms with Gasteiger partial charge in [-0.1, -0.05) is 12.1 Å². The summed E-state index contributed by atoms with van der Waals surface area (Å²) in [6, 6.07) is 7.79. The minimum absolute atomic E-state index is 0. The van der Waals surface area contributed by atoms with Gasteiger partial charge >= 0.3 is 0 Å². The molecule has 1 amide bonds. The molecule has 1 aliphatic rings. The largest absolute Gasteiger partial charge is 0.493 e. The van der Waals surface area contributed by atoms with E-state index in [0.717, 1.165) is 18.1 Å². The molecule has 0 saturated carbocycles. The van der Waals surface area contributed by atoms with E-state index in [1.54, 1.807) is 7.11 Å². The predicted octanol–water partition coefficient (Wildman–Crippen LogP) is 2.10. The molecular formula is C16H25ClN2O3S. The lowest BCUT2D eigenvalue weighted by Gasteiger charge is -2.23. The number of halogens is 1. The molecule has 2 N–H and O–H groups in total. The molecule has 0 bridgehead atoms. The van der Waals surface area contributed by atoms with Gasteiger partial charge in [0.05, 0.1) is 13.7 Å². The van der Waals surface area contributed by atoms with Gasteiger partial charge in [0.2, 0.25) is 5.91 Å². The molecule has 0 aromatic heterocycles. The predicted molar refractivity (Wildman–Crippen MR) is 97.1 cm³/mol. The summed E-state index contributed by atoms with van der Waals surface area (Å²) in [6.45, 7) is 3.40. The summed E-state index contributed by atoms with van der Waals surface area (Å²) in [5.41, 5.74) is 0. The van der Waals surface area contributed by atoms with Crippen LogP contribution in [0.4, 0.5) is 0 Å². The Hall–Kier alpha value is -1.11. The number of amides is 1. The molecule has 1 heterocycles. The molecule has 0 spiro atoms. The Morgan fingerprint density at radius 1 is 1.43 bits per heavy atom. The van der Waals surface area contributed by atoms with Crippen LogP contribution in [0.2, 0.25) is 0 Å². The van der Waals surface area contributed by atoms with E-state index in [1.807, 2.05) is 43.0 Å². The van der Waals surface area contributed by atoms with E-state index in [4.69, 9.17) is 9.47 Å². The van der Waals surface area contributed by atoms with Crippen LogP contribution in [-0.2, 0) is 4.79 Å². The summed E-state index contributed by atoms with van der Waals surface area (Å²) in [5.74, 6) is 3.58. The van der Waals surface area contributed by atoms with Crippen molar-refractivity contribution in [2.75, 3.05) is 31.7 Å². The Kier molecular flexibility index (Phi) is 9.21. The average Bonchev–Trinajstić information content (AvgIpc) is 2.54. The van der Waals surface area contributed by atoms with Crippen LogP contribution in [0.5, 0.6) is 11.5 Å². The van der Waals surface area contributed by atoms with Gasteiger partial charge in [-0.2, -0.15) is 11.8 Å². The van der Waals surface area contributed by atoms with Crippen molar-refractivity contribution in [1.82, 2.24) is 10.6 Å². The SMILES string of the molecule is COc1ccccc1OC(C)CNC(=O)CC1CSCCN1.Cl. The van der Waals surface area contributed by atoms with Crippen molar-refractivity contribution in [3.63, 3.8) is 0 Å². The van der Waals surface area contributed by atoms with Crippen LogP contribution < -0.4 is 20.1 Å². The molecule has 5 nitrogen and oxygen atoms in total. The Balaban J connectivity index is 0.00000264. The number of rotatable bonds is 7. The van der Waals surface area contributed by atoms with Gasteiger partial charge in [-0.25, -0.2) is 0 Å². The maximum atomic E-state index is 12.0. The van der Waals surface area contributed by atoms with Crippen molar-refractivity contribution in [1.29, 1.82) is 0 Å². The minimum Gasteiger partial charge on any atom is -0.493 e. The van der Waals surface area contributed by atoms with Crippen LogP contribution in [-0.4, -0.2) is 49.8 Å². The molecule has 0 radical (unpaired) electrons. The summed E-state index contributed by atoms with van der Waals surface area (Å²) in [6.07, 6.45) is 0.405. The molecule has 7 heteroatoms. The lowest BCUT2D eigenvalue weighted by molar-refractivity contribution is -0.121. The number of thioether (sulfide) groups is 1. The number of methoxy groups -OCH3 is 1. The Morgan fingerprint density at radius 2 is 2.17 bits per heavy atom. The van der Waals surface area contributed by atoms with E-state index in [1.165, 1.54) is 0 Å². The first-order valence-electron chi connectivity index (χ1n) is 7.56. The second kappa shape index (κ2) is 10.6. The fourth-order valence-electron chi connectivity index (χ4n) is 2.28. The van der Waals surface area contributed by atoms with Gasteiger partial charge in [0.1, 0.15) is 6.10 Å². The number of carbonyl (C=O) groups is 1.